The van der Waals surface area contributed by atoms with Gasteiger partial charge in [0.05, 0.1) is 0 Å². The van der Waals surface area contributed by atoms with Crippen molar-refractivity contribution in [2.24, 2.45) is 5.92 Å². The first-order chi connectivity index (χ1) is 9.69. The van der Waals surface area contributed by atoms with Crippen LogP contribution in [-0.4, -0.2) is 30.6 Å². The molecule has 2 atom stereocenters. The number of rotatable bonds is 6. The molecule has 1 aliphatic heterocycles. The molecule has 1 saturated heterocycles. The average molecular weight is 278 g/mol. The van der Waals surface area contributed by atoms with E-state index in [0.717, 1.165) is 12.1 Å². The first kappa shape index (κ1) is 15.5. The van der Waals surface area contributed by atoms with Crippen molar-refractivity contribution >= 4 is 0 Å². The summed E-state index contributed by atoms with van der Waals surface area (Å²) in [5.74, 6) is 0.563. The maximum Gasteiger partial charge on any atom is 0.123 e. The van der Waals surface area contributed by atoms with Crippen molar-refractivity contribution in [1.82, 2.24) is 10.2 Å². The van der Waals surface area contributed by atoms with E-state index in [4.69, 9.17) is 0 Å². The molecule has 0 aromatic heterocycles. The Hall–Kier alpha value is -0.930. The zero-order valence-electron chi connectivity index (χ0n) is 12.7. The third-order valence-corrected chi connectivity index (χ3v) is 4.31. The minimum absolute atomic E-state index is 0.149. The topological polar surface area (TPSA) is 15.3 Å². The molecule has 1 aromatic carbocycles. The molecule has 20 heavy (non-hydrogen) atoms. The molecule has 0 aliphatic carbocycles. The molecule has 2 rings (SSSR count). The second-order valence-corrected chi connectivity index (χ2v) is 6.00. The molecule has 1 fully saturated rings. The Kier molecular flexibility index (Phi) is 5.99. The Bertz CT molecular complexity index is 406. The Morgan fingerprint density at radius 2 is 2.30 bits per heavy atom. The second kappa shape index (κ2) is 7.75. The summed E-state index contributed by atoms with van der Waals surface area (Å²) in [4.78, 5) is 2.58. The van der Waals surface area contributed by atoms with Gasteiger partial charge in [0.15, 0.2) is 0 Å². The van der Waals surface area contributed by atoms with Gasteiger partial charge in [-0.25, -0.2) is 4.39 Å². The zero-order valence-corrected chi connectivity index (χ0v) is 12.7. The van der Waals surface area contributed by atoms with Crippen LogP contribution in [0.1, 0.15) is 38.7 Å². The molecule has 1 heterocycles. The van der Waals surface area contributed by atoms with Gasteiger partial charge in [0, 0.05) is 19.1 Å². The third-order valence-electron chi connectivity index (χ3n) is 4.31. The molecule has 0 saturated carbocycles. The van der Waals surface area contributed by atoms with E-state index in [0.29, 0.717) is 12.0 Å². The van der Waals surface area contributed by atoms with Gasteiger partial charge in [-0.05, 0) is 62.9 Å². The minimum atomic E-state index is -0.149. The van der Waals surface area contributed by atoms with Crippen molar-refractivity contribution in [1.29, 1.82) is 0 Å². The van der Waals surface area contributed by atoms with Gasteiger partial charge in [-0.2, -0.15) is 0 Å². The molecule has 0 radical (unpaired) electrons. The monoisotopic (exact) mass is 278 g/mol. The highest BCUT2D eigenvalue weighted by atomic mass is 19.1. The van der Waals surface area contributed by atoms with Crippen molar-refractivity contribution < 1.29 is 4.39 Å². The van der Waals surface area contributed by atoms with Crippen molar-refractivity contribution in [2.45, 2.75) is 45.7 Å². The van der Waals surface area contributed by atoms with E-state index in [2.05, 4.69) is 24.1 Å². The molecule has 2 nitrogen and oxygen atoms in total. The number of benzene rings is 1. The van der Waals surface area contributed by atoms with Gasteiger partial charge in [0.1, 0.15) is 5.82 Å². The van der Waals surface area contributed by atoms with Crippen LogP contribution < -0.4 is 5.32 Å². The van der Waals surface area contributed by atoms with Gasteiger partial charge >= 0.3 is 0 Å². The Balaban J connectivity index is 1.80. The predicted molar refractivity (Wildman–Crippen MR) is 82.2 cm³/mol. The smallest absolute Gasteiger partial charge is 0.123 e. The van der Waals surface area contributed by atoms with Crippen molar-refractivity contribution in [2.75, 3.05) is 19.6 Å². The molecule has 1 N–H and O–H groups in total. The van der Waals surface area contributed by atoms with E-state index in [1.807, 2.05) is 6.07 Å². The third kappa shape index (κ3) is 4.57. The van der Waals surface area contributed by atoms with E-state index < -0.39 is 0 Å². The lowest BCUT2D eigenvalue weighted by atomic mass is 9.91. The van der Waals surface area contributed by atoms with E-state index in [1.165, 1.54) is 45.0 Å². The molecule has 1 aromatic rings. The van der Waals surface area contributed by atoms with Crippen molar-refractivity contribution in [3.63, 3.8) is 0 Å². The fraction of sp³-hybridized carbons (Fsp3) is 0.647. The Labute approximate surface area is 122 Å². The summed E-state index contributed by atoms with van der Waals surface area (Å²) >= 11 is 0. The van der Waals surface area contributed by atoms with Crippen LogP contribution in [-0.2, 0) is 6.54 Å². The largest absolute Gasteiger partial charge is 0.310 e. The summed E-state index contributed by atoms with van der Waals surface area (Å²) in [6.45, 7) is 8.93. The highest BCUT2D eigenvalue weighted by molar-refractivity contribution is 5.16. The number of hydrogen-bond acceptors (Lipinski definition) is 2. The normalized spacial score (nSPS) is 21.9. The summed E-state index contributed by atoms with van der Waals surface area (Å²) in [6, 6.07) is 7.35. The standard InChI is InChI=1S/C17H27FN2/c1-3-9-20-10-5-7-16(13-20)14(2)19-12-15-6-4-8-17(18)11-15/h4,6,8,11,14,16,19H,3,5,7,9-10,12-13H2,1-2H3. The number of likely N-dealkylation sites (tertiary alicyclic amines) is 1. The minimum Gasteiger partial charge on any atom is -0.310 e. The Morgan fingerprint density at radius 3 is 3.05 bits per heavy atom. The van der Waals surface area contributed by atoms with Crippen LogP contribution in [0, 0.1) is 11.7 Å². The molecule has 3 heteroatoms. The summed E-state index contributed by atoms with van der Waals surface area (Å²) in [6.07, 6.45) is 3.84. The molecule has 112 valence electrons. The molecule has 0 spiro atoms. The SMILES string of the molecule is CCCN1CCCC(C(C)NCc2cccc(F)c2)C1. The van der Waals surface area contributed by atoms with Crippen LogP contribution in [0.4, 0.5) is 4.39 Å². The molecular weight excluding hydrogens is 251 g/mol. The maximum absolute atomic E-state index is 13.1. The van der Waals surface area contributed by atoms with E-state index >= 15 is 0 Å². The van der Waals surface area contributed by atoms with E-state index in [-0.39, 0.29) is 5.82 Å². The number of nitrogens with zero attached hydrogens (tertiary/aromatic N) is 1. The van der Waals surface area contributed by atoms with Crippen LogP contribution in [0.2, 0.25) is 0 Å². The molecule has 0 bridgehead atoms. The number of piperidine rings is 1. The maximum atomic E-state index is 13.1. The van der Waals surface area contributed by atoms with Gasteiger partial charge in [-0.15, -0.1) is 0 Å². The number of nitrogens with one attached hydrogen (secondary N) is 1. The van der Waals surface area contributed by atoms with Crippen LogP contribution in [0.3, 0.4) is 0 Å². The van der Waals surface area contributed by atoms with Crippen LogP contribution in [0.5, 0.6) is 0 Å². The Morgan fingerprint density at radius 1 is 1.45 bits per heavy atom. The van der Waals surface area contributed by atoms with Gasteiger partial charge in [0.25, 0.3) is 0 Å². The lowest BCUT2D eigenvalue weighted by molar-refractivity contribution is 0.150. The van der Waals surface area contributed by atoms with E-state index in [1.54, 1.807) is 12.1 Å². The summed E-state index contributed by atoms with van der Waals surface area (Å²) < 4.78 is 13.1. The predicted octanol–water partition coefficient (Wildman–Crippen LogP) is 3.43. The molecule has 1 aliphatic rings. The first-order valence-corrected chi connectivity index (χ1v) is 7.89. The molecular formula is C17H27FN2. The zero-order chi connectivity index (χ0) is 14.4. The van der Waals surface area contributed by atoms with Gasteiger partial charge < -0.3 is 10.2 Å². The first-order valence-electron chi connectivity index (χ1n) is 7.89. The summed E-state index contributed by atoms with van der Waals surface area (Å²) in [5, 5.41) is 3.57. The van der Waals surface area contributed by atoms with Crippen LogP contribution in [0.25, 0.3) is 0 Å². The average Bonchev–Trinajstić information content (AvgIpc) is 2.45. The fourth-order valence-electron chi connectivity index (χ4n) is 3.11. The molecule has 0 amide bonds. The van der Waals surface area contributed by atoms with E-state index in [9.17, 15) is 4.39 Å². The van der Waals surface area contributed by atoms with Crippen molar-refractivity contribution in [3.05, 3.63) is 35.6 Å². The van der Waals surface area contributed by atoms with Crippen LogP contribution >= 0.6 is 0 Å². The number of hydrogen-bond donors (Lipinski definition) is 1. The highest BCUT2D eigenvalue weighted by Crippen LogP contribution is 2.20. The van der Waals surface area contributed by atoms with Crippen LogP contribution in [0.15, 0.2) is 24.3 Å². The quantitative estimate of drug-likeness (QED) is 0.857. The fourth-order valence-corrected chi connectivity index (χ4v) is 3.11. The summed E-state index contributed by atoms with van der Waals surface area (Å²) in [7, 11) is 0. The van der Waals surface area contributed by atoms with Gasteiger partial charge in [0.2, 0.25) is 0 Å². The highest BCUT2D eigenvalue weighted by Gasteiger charge is 2.23. The number of halogens is 1. The van der Waals surface area contributed by atoms with Gasteiger partial charge in [-0.1, -0.05) is 19.1 Å². The lowest BCUT2D eigenvalue weighted by Gasteiger charge is -2.36. The molecule has 2 unspecified atom stereocenters. The second-order valence-electron chi connectivity index (χ2n) is 6.00. The van der Waals surface area contributed by atoms with Gasteiger partial charge in [-0.3, -0.25) is 0 Å². The van der Waals surface area contributed by atoms with Crippen molar-refractivity contribution in [3.8, 4) is 0 Å². The summed E-state index contributed by atoms with van der Waals surface area (Å²) in [5.41, 5.74) is 1.03. The lowest BCUT2D eigenvalue weighted by Crippen LogP contribution is -2.44.